The highest BCUT2D eigenvalue weighted by Gasteiger charge is 2.26. The molecule has 0 amide bonds. The van der Waals surface area contributed by atoms with Crippen LogP contribution in [0.5, 0.6) is 0 Å². The summed E-state index contributed by atoms with van der Waals surface area (Å²) in [6.45, 7) is 13.9. The molecule has 0 radical (unpaired) electrons. The molecule has 0 saturated carbocycles. The zero-order chi connectivity index (χ0) is 49.1. The van der Waals surface area contributed by atoms with Crippen LogP contribution in [0, 0.1) is 0 Å². The summed E-state index contributed by atoms with van der Waals surface area (Å²) < 4.78 is 6.37. The van der Waals surface area contributed by atoms with Gasteiger partial charge in [0.15, 0.2) is 0 Å². The molecule has 12 aromatic rings. The molecule has 0 aliphatic rings. The van der Waals surface area contributed by atoms with Gasteiger partial charge in [0.05, 0.1) is 11.4 Å². The smallest absolute Gasteiger partial charge is 0.136 e. The van der Waals surface area contributed by atoms with Crippen LogP contribution in [0.1, 0.15) is 52.7 Å². The molecule has 2 heteroatoms. The molecular weight excluding hydrogens is 871 g/mol. The van der Waals surface area contributed by atoms with Crippen LogP contribution in [0.2, 0.25) is 0 Å². The van der Waals surface area contributed by atoms with Crippen LogP contribution in [-0.4, -0.2) is 0 Å². The van der Waals surface area contributed by atoms with Crippen molar-refractivity contribution >= 4 is 60.5 Å². The van der Waals surface area contributed by atoms with Crippen molar-refractivity contribution in [1.82, 2.24) is 0 Å². The minimum absolute atomic E-state index is 0.0236. The molecule has 0 aliphatic heterocycles. The Hall–Kier alpha value is -8.46. The maximum Gasteiger partial charge on any atom is 0.136 e. The van der Waals surface area contributed by atoms with Gasteiger partial charge in [-0.15, -0.1) is 0 Å². The van der Waals surface area contributed by atoms with E-state index in [1.54, 1.807) is 0 Å². The lowest BCUT2D eigenvalue weighted by atomic mass is 9.78. The Morgan fingerprint density at radius 3 is 1.28 bits per heavy atom. The topological polar surface area (TPSA) is 16.4 Å². The van der Waals surface area contributed by atoms with Crippen molar-refractivity contribution in [3.8, 4) is 55.6 Å². The minimum Gasteiger partial charge on any atom is -0.456 e. The van der Waals surface area contributed by atoms with Crippen molar-refractivity contribution in [2.24, 2.45) is 0 Å². The SMILES string of the molecule is CC(C)(C)c1cc(-c2cccc3cccc(-c4ccccc4N(c4ccc(-c5cccc6oc7ccccc7c56)cc4)c4ccccc4-c4cccc5cccc(-c6ccccc6)c45)c23)cc(C(C)(C)C)c1. The molecule has 12 rings (SSSR count). The molecule has 2 nitrogen and oxygen atoms in total. The summed E-state index contributed by atoms with van der Waals surface area (Å²) in [5, 5.41) is 7.13. The maximum atomic E-state index is 6.37. The number of anilines is 3. The van der Waals surface area contributed by atoms with Crippen molar-refractivity contribution in [1.29, 1.82) is 0 Å². The minimum atomic E-state index is -0.0236. The zero-order valence-corrected chi connectivity index (χ0v) is 41.9. The van der Waals surface area contributed by atoms with Crippen LogP contribution in [-0.2, 0) is 10.8 Å². The second kappa shape index (κ2) is 17.7. The van der Waals surface area contributed by atoms with E-state index < -0.39 is 0 Å². The molecule has 0 bridgehead atoms. The Morgan fingerprint density at radius 1 is 0.306 bits per heavy atom. The number of rotatable bonds is 8. The first-order chi connectivity index (χ1) is 35.0. The Labute approximate surface area is 423 Å². The van der Waals surface area contributed by atoms with E-state index in [4.69, 9.17) is 4.42 Å². The highest BCUT2D eigenvalue weighted by molar-refractivity contribution is 6.14. The lowest BCUT2D eigenvalue weighted by Gasteiger charge is -2.31. The van der Waals surface area contributed by atoms with E-state index in [9.17, 15) is 0 Å². The number of fused-ring (bicyclic) bond motifs is 5. The third kappa shape index (κ3) is 7.94. The zero-order valence-electron chi connectivity index (χ0n) is 41.9. The van der Waals surface area contributed by atoms with E-state index in [0.29, 0.717) is 0 Å². The van der Waals surface area contributed by atoms with E-state index in [0.717, 1.165) is 61.3 Å². The number of nitrogens with zero attached hydrogens (tertiary/aromatic N) is 1. The Kier molecular flexibility index (Phi) is 11.0. The van der Waals surface area contributed by atoms with E-state index in [2.05, 4.69) is 277 Å². The van der Waals surface area contributed by atoms with Gasteiger partial charge in [-0.3, -0.25) is 0 Å². The van der Waals surface area contributed by atoms with Gasteiger partial charge in [0.1, 0.15) is 11.2 Å². The third-order valence-corrected chi connectivity index (χ3v) is 14.6. The third-order valence-electron chi connectivity index (χ3n) is 14.6. The molecule has 1 heterocycles. The summed E-state index contributed by atoms with van der Waals surface area (Å²) in [5.41, 5.74) is 19.5. The van der Waals surface area contributed by atoms with Gasteiger partial charge < -0.3 is 9.32 Å². The maximum absolute atomic E-state index is 6.37. The van der Waals surface area contributed by atoms with Gasteiger partial charge in [-0.05, 0) is 124 Å². The lowest BCUT2D eigenvalue weighted by Crippen LogP contribution is -2.16. The second-order valence-electron chi connectivity index (χ2n) is 21.3. The summed E-state index contributed by atoms with van der Waals surface area (Å²) in [4.78, 5) is 2.49. The van der Waals surface area contributed by atoms with E-state index in [1.807, 2.05) is 6.07 Å². The van der Waals surface area contributed by atoms with Gasteiger partial charge in [0.2, 0.25) is 0 Å². The van der Waals surface area contributed by atoms with Crippen molar-refractivity contribution in [2.75, 3.05) is 4.90 Å². The summed E-state index contributed by atoms with van der Waals surface area (Å²) >= 11 is 0. The lowest BCUT2D eigenvalue weighted by molar-refractivity contribution is 0.569. The Balaban J connectivity index is 1.11. The molecule has 0 unspecified atom stereocenters. The van der Waals surface area contributed by atoms with Crippen LogP contribution in [0.3, 0.4) is 0 Å². The second-order valence-corrected chi connectivity index (χ2v) is 21.3. The fourth-order valence-electron chi connectivity index (χ4n) is 10.9. The monoisotopic (exact) mass is 927 g/mol. The van der Waals surface area contributed by atoms with Crippen LogP contribution < -0.4 is 4.90 Å². The van der Waals surface area contributed by atoms with E-state index >= 15 is 0 Å². The van der Waals surface area contributed by atoms with Gasteiger partial charge in [-0.2, -0.15) is 0 Å². The van der Waals surface area contributed by atoms with E-state index in [1.165, 1.54) is 66.1 Å². The molecule has 348 valence electrons. The molecule has 72 heavy (non-hydrogen) atoms. The van der Waals surface area contributed by atoms with Gasteiger partial charge in [-0.25, -0.2) is 0 Å². The average Bonchev–Trinajstić information content (AvgIpc) is 3.80. The van der Waals surface area contributed by atoms with Gasteiger partial charge in [0, 0.05) is 27.6 Å². The first-order valence-corrected chi connectivity index (χ1v) is 25.2. The Morgan fingerprint density at radius 2 is 0.722 bits per heavy atom. The van der Waals surface area contributed by atoms with Crippen LogP contribution in [0.25, 0.3) is 99.1 Å². The summed E-state index contributed by atoms with van der Waals surface area (Å²) in [6.07, 6.45) is 0. The number of furan rings is 1. The van der Waals surface area contributed by atoms with Crippen molar-refractivity contribution in [3.63, 3.8) is 0 Å². The summed E-state index contributed by atoms with van der Waals surface area (Å²) in [5.74, 6) is 0. The molecule has 0 N–H and O–H groups in total. The van der Waals surface area contributed by atoms with Crippen LogP contribution >= 0.6 is 0 Å². The van der Waals surface area contributed by atoms with Crippen molar-refractivity contribution < 1.29 is 4.42 Å². The average molecular weight is 928 g/mol. The molecule has 1 aromatic heterocycles. The number of benzene rings is 11. The number of hydrogen-bond acceptors (Lipinski definition) is 2. The summed E-state index contributed by atoms with van der Waals surface area (Å²) in [6, 6.07) is 86.9. The van der Waals surface area contributed by atoms with Gasteiger partial charge >= 0.3 is 0 Å². The van der Waals surface area contributed by atoms with Crippen molar-refractivity contribution in [3.05, 3.63) is 248 Å². The highest BCUT2D eigenvalue weighted by atomic mass is 16.3. The fourth-order valence-corrected chi connectivity index (χ4v) is 10.9. The molecular formula is C70H57NO. The highest BCUT2D eigenvalue weighted by Crippen LogP contribution is 2.50. The van der Waals surface area contributed by atoms with Gasteiger partial charge in [0.25, 0.3) is 0 Å². The predicted molar refractivity (Wildman–Crippen MR) is 308 cm³/mol. The molecule has 11 aromatic carbocycles. The van der Waals surface area contributed by atoms with E-state index in [-0.39, 0.29) is 10.8 Å². The van der Waals surface area contributed by atoms with Crippen LogP contribution in [0.15, 0.2) is 241 Å². The molecule has 0 atom stereocenters. The van der Waals surface area contributed by atoms with Crippen molar-refractivity contribution in [2.45, 2.75) is 52.4 Å². The molecule has 0 spiro atoms. The standard InChI is InChI=1S/C70H57NO/c1-69(2,3)51-43-50(44-52(45-51)70(4,5)6)56-31-17-24-49-26-19-34-60(67(49)56)58-28-11-14-36-63(58)71(53-41-39-47(40-42-53)55-32-20-38-65-68(55)61-29-12-15-37-64(61)72-65)62-35-13-10-27-57(62)59-33-18-25-48-23-16-30-54(66(48)59)46-21-8-7-9-22-46/h7-45H,1-6H3. The fraction of sp³-hybridized carbons (Fsp3) is 0.114. The molecule has 0 aliphatic carbocycles. The molecule has 0 saturated heterocycles. The summed E-state index contributed by atoms with van der Waals surface area (Å²) in [7, 11) is 0. The number of para-hydroxylation sites is 3. The van der Waals surface area contributed by atoms with Crippen LogP contribution in [0.4, 0.5) is 17.1 Å². The van der Waals surface area contributed by atoms with Gasteiger partial charge in [-0.1, -0.05) is 242 Å². The number of hydrogen-bond donors (Lipinski definition) is 0. The quantitative estimate of drug-likeness (QED) is 0.151. The largest absolute Gasteiger partial charge is 0.456 e. The first kappa shape index (κ1) is 44.7. The molecule has 0 fully saturated rings. The first-order valence-electron chi connectivity index (χ1n) is 25.2. The Bertz CT molecular complexity index is 3950. The normalized spacial score (nSPS) is 12.0. The predicted octanol–water partition coefficient (Wildman–Crippen LogP) is 20.3.